The van der Waals surface area contributed by atoms with Crippen LogP contribution in [-0.2, 0) is 16.1 Å². The first-order chi connectivity index (χ1) is 13.2. The fourth-order valence-corrected chi connectivity index (χ4v) is 4.48. The van der Waals surface area contributed by atoms with Crippen LogP contribution in [0.4, 0.5) is 0 Å². The van der Waals surface area contributed by atoms with Crippen LogP contribution in [0, 0.1) is 5.92 Å². The lowest BCUT2D eigenvalue weighted by Crippen LogP contribution is -2.50. The predicted molar refractivity (Wildman–Crippen MR) is 109 cm³/mol. The van der Waals surface area contributed by atoms with Crippen LogP contribution in [-0.4, -0.2) is 68.2 Å². The van der Waals surface area contributed by atoms with Gasteiger partial charge >= 0.3 is 0 Å². The summed E-state index contributed by atoms with van der Waals surface area (Å²) < 4.78 is 5.02. The van der Waals surface area contributed by atoms with E-state index in [0.717, 1.165) is 50.6 Å². The third kappa shape index (κ3) is 5.92. The van der Waals surface area contributed by atoms with E-state index in [9.17, 15) is 4.79 Å². The Hall–Kier alpha value is -1.14. The van der Waals surface area contributed by atoms with E-state index in [1.807, 2.05) is 12.1 Å². The van der Waals surface area contributed by atoms with Crippen molar-refractivity contribution >= 4 is 17.5 Å². The third-order valence-electron chi connectivity index (χ3n) is 5.85. The zero-order valence-electron chi connectivity index (χ0n) is 16.3. The Balaban J connectivity index is 1.45. The number of methoxy groups -OCH3 is 1. The van der Waals surface area contributed by atoms with Crippen LogP contribution in [0.2, 0.25) is 5.02 Å². The molecule has 27 heavy (non-hydrogen) atoms. The molecule has 2 heterocycles. The lowest BCUT2D eigenvalue weighted by atomic mass is 9.93. The van der Waals surface area contributed by atoms with Crippen molar-refractivity contribution < 1.29 is 9.53 Å². The number of nitrogens with zero attached hydrogens (tertiary/aromatic N) is 2. The molecule has 0 bridgehead atoms. The van der Waals surface area contributed by atoms with Gasteiger partial charge in [-0.2, -0.15) is 0 Å². The number of carbonyl (C=O) groups is 1. The summed E-state index contributed by atoms with van der Waals surface area (Å²) in [6, 6.07) is 8.72. The molecule has 2 aliphatic rings. The van der Waals surface area contributed by atoms with Gasteiger partial charge in [0.05, 0.1) is 12.5 Å². The molecular formula is C21H32ClN3O2. The molecule has 0 spiro atoms. The Bertz CT molecular complexity index is 605. The SMILES string of the molecule is COCCNC(=O)[C@H]1CCCN(C2CCN(Cc3ccccc3Cl)CC2)C1. The summed E-state index contributed by atoms with van der Waals surface area (Å²) in [5, 5.41) is 3.86. The molecule has 6 heteroatoms. The van der Waals surface area contributed by atoms with E-state index in [4.69, 9.17) is 16.3 Å². The molecule has 5 nitrogen and oxygen atoms in total. The lowest BCUT2D eigenvalue weighted by molar-refractivity contribution is -0.127. The average Bonchev–Trinajstić information content (AvgIpc) is 2.70. The van der Waals surface area contributed by atoms with Crippen molar-refractivity contribution in [2.75, 3.05) is 46.4 Å². The summed E-state index contributed by atoms with van der Waals surface area (Å²) in [6.45, 7) is 6.31. The van der Waals surface area contributed by atoms with E-state index in [1.54, 1.807) is 7.11 Å². The molecule has 1 aromatic carbocycles. The Morgan fingerprint density at radius 1 is 1.22 bits per heavy atom. The van der Waals surface area contributed by atoms with Gasteiger partial charge in [0.25, 0.3) is 0 Å². The van der Waals surface area contributed by atoms with Gasteiger partial charge in [-0.25, -0.2) is 0 Å². The maximum absolute atomic E-state index is 12.4. The van der Waals surface area contributed by atoms with Crippen LogP contribution in [0.15, 0.2) is 24.3 Å². The number of rotatable bonds is 7. The first-order valence-electron chi connectivity index (χ1n) is 10.1. The Labute approximate surface area is 168 Å². The predicted octanol–water partition coefficient (Wildman–Crippen LogP) is 2.78. The molecule has 2 saturated heterocycles. The monoisotopic (exact) mass is 393 g/mol. The third-order valence-corrected chi connectivity index (χ3v) is 6.22. The molecule has 0 unspecified atom stereocenters. The van der Waals surface area contributed by atoms with Crippen molar-refractivity contribution in [3.8, 4) is 0 Å². The second-order valence-electron chi connectivity index (χ2n) is 7.72. The summed E-state index contributed by atoms with van der Waals surface area (Å²) in [7, 11) is 1.66. The number of piperidine rings is 2. The van der Waals surface area contributed by atoms with E-state index >= 15 is 0 Å². The number of benzene rings is 1. The highest BCUT2D eigenvalue weighted by Crippen LogP contribution is 2.25. The standard InChI is InChI=1S/C21H32ClN3O2/c1-27-14-10-23-21(26)18-6-4-11-25(16-18)19-8-12-24(13-9-19)15-17-5-2-3-7-20(17)22/h2-3,5,7,18-19H,4,6,8-16H2,1H3,(H,23,26)/t18-/m0/s1. The molecule has 3 rings (SSSR count). The van der Waals surface area contributed by atoms with Crippen LogP contribution in [0.5, 0.6) is 0 Å². The molecule has 2 aliphatic heterocycles. The first kappa shape index (κ1) is 20.6. The fraction of sp³-hybridized carbons (Fsp3) is 0.667. The summed E-state index contributed by atoms with van der Waals surface area (Å²) in [6.07, 6.45) is 4.45. The smallest absolute Gasteiger partial charge is 0.224 e. The summed E-state index contributed by atoms with van der Waals surface area (Å²) in [5.74, 6) is 0.310. The van der Waals surface area contributed by atoms with Gasteiger partial charge < -0.3 is 10.1 Å². The van der Waals surface area contributed by atoms with Crippen molar-refractivity contribution in [2.45, 2.75) is 38.3 Å². The van der Waals surface area contributed by atoms with Crippen molar-refractivity contribution in [1.29, 1.82) is 0 Å². The maximum atomic E-state index is 12.4. The van der Waals surface area contributed by atoms with Crippen molar-refractivity contribution in [3.63, 3.8) is 0 Å². The molecule has 1 amide bonds. The van der Waals surface area contributed by atoms with Gasteiger partial charge in [0.1, 0.15) is 0 Å². The topological polar surface area (TPSA) is 44.8 Å². The van der Waals surface area contributed by atoms with Crippen LogP contribution >= 0.6 is 11.6 Å². The van der Waals surface area contributed by atoms with Crippen molar-refractivity contribution in [3.05, 3.63) is 34.9 Å². The Kier molecular flexibility index (Phi) is 7.94. The molecule has 0 aromatic heterocycles. The Morgan fingerprint density at radius 2 is 2.00 bits per heavy atom. The molecule has 0 aliphatic carbocycles. The Morgan fingerprint density at radius 3 is 2.74 bits per heavy atom. The molecule has 1 aromatic rings. The average molecular weight is 394 g/mol. The largest absolute Gasteiger partial charge is 0.383 e. The second kappa shape index (κ2) is 10.4. The van der Waals surface area contributed by atoms with Crippen LogP contribution < -0.4 is 5.32 Å². The number of halogens is 1. The number of carbonyl (C=O) groups excluding carboxylic acids is 1. The lowest BCUT2D eigenvalue weighted by Gasteiger charge is -2.42. The summed E-state index contributed by atoms with van der Waals surface area (Å²) in [5.41, 5.74) is 1.21. The van der Waals surface area contributed by atoms with Gasteiger partial charge in [-0.15, -0.1) is 0 Å². The molecule has 1 atom stereocenters. The molecule has 1 N–H and O–H groups in total. The number of nitrogens with one attached hydrogen (secondary N) is 1. The minimum Gasteiger partial charge on any atom is -0.383 e. The number of amides is 1. The van der Waals surface area contributed by atoms with Gasteiger partial charge in [-0.1, -0.05) is 29.8 Å². The molecular weight excluding hydrogens is 362 g/mol. The first-order valence-corrected chi connectivity index (χ1v) is 10.5. The zero-order valence-corrected chi connectivity index (χ0v) is 17.1. The number of hydrogen-bond acceptors (Lipinski definition) is 4. The van der Waals surface area contributed by atoms with E-state index in [1.165, 1.54) is 18.4 Å². The van der Waals surface area contributed by atoms with E-state index in [2.05, 4.69) is 27.2 Å². The van der Waals surface area contributed by atoms with E-state index in [0.29, 0.717) is 19.2 Å². The minimum absolute atomic E-state index is 0.122. The van der Waals surface area contributed by atoms with Gasteiger partial charge in [-0.3, -0.25) is 14.6 Å². The van der Waals surface area contributed by atoms with E-state index in [-0.39, 0.29) is 11.8 Å². The normalized spacial score (nSPS) is 22.7. The van der Waals surface area contributed by atoms with Gasteiger partial charge in [0.2, 0.25) is 5.91 Å². The highest BCUT2D eigenvalue weighted by atomic mass is 35.5. The number of hydrogen-bond donors (Lipinski definition) is 1. The van der Waals surface area contributed by atoms with Gasteiger partial charge in [-0.05, 0) is 56.9 Å². The highest BCUT2D eigenvalue weighted by Gasteiger charge is 2.31. The summed E-state index contributed by atoms with van der Waals surface area (Å²) in [4.78, 5) is 17.4. The minimum atomic E-state index is 0.122. The fourth-order valence-electron chi connectivity index (χ4n) is 4.28. The zero-order chi connectivity index (χ0) is 19.1. The van der Waals surface area contributed by atoms with Gasteiger partial charge in [0, 0.05) is 37.8 Å². The molecule has 0 saturated carbocycles. The summed E-state index contributed by atoms with van der Waals surface area (Å²) >= 11 is 6.30. The van der Waals surface area contributed by atoms with Crippen molar-refractivity contribution in [1.82, 2.24) is 15.1 Å². The van der Waals surface area contributed by atoms with Crippen molar-refractivity contribution in [2.24, 2.45) is 5.92 Å². The highest BCUT2D eigenvalue weighted by molar-refractivity contribution is 6.31. The number of ether oxygens (including phenoxy) is 1. The van der Waals surface area contributed by atoms with Crippen LogP contribution in [0.1, 0.15) is 31.2 Å². The van der Waals surface area contributed by atoms with E-state index < -0.39 is 0 Å². The van der Waals surface area contributed by atoms with Crippen LogP contribution in [0.3, 0.4) is 0 Å². The maximum Gasteiger partial charge on any atom is 0.224 e. The molecule has 2 fully saturated rings. The quantitative estimate of drug-likeness (QED) is 0.723. The molecule has 150 valence electrons. The molecule has 0 radical (unpaired) electrons. The number of likely N-dealkylation sites (tertiary alicyclic amines) is 2. The van der Waals surface area contributed by atoms with Gasteiger partial charge in [0.15, 0.2) is 0 Å². The van der Waals surface area contributed by atoms with Crippen LogP contribution in [0.25, 0.3) is 0 Å². The second-order valence-corrected chi connectivity index (χ2v) is 8.12.